The van der Waals surface area contributed by atoms with Gasteiger partial charge in [-0.3, -0.25) is 4.79 Å². The first-order valence-corrected chi connectivity index (χ1v) is 11.0. The maximum atomic E-state index is 12.4. The maximum Gasteiger partial charge on any atom is 0.246 e. The summed E-state index contributed by atoms with van der Waals surface area (Å²) in [5.74, 6) is 0.285. The minimum absolute atomic E-state index is 0.00913. The molecule has 1 atom stereocenters. The van der Waals surface area contributed by atoms with E-state index in [1.165, 1.54) is 23.0 Å². The van der Waals surface area contributed by atoms with E-state index >= 15 is 0 Å². The Balaban J connectivity index is 1.82. The molecular formula is C23H24ClN3OS. The zero-order valence-corrected chi connectivity index (χ0v) is 17.9. The second-order valence-corrected chi connectivity index (χ2v) is 9.29. The van der Waals surface area contributed by atoms with Gasteiger partial charge in [0.05, 0.1) is 10.9 Å². The Morgan fingerprint density at radius 3 is 2.79 bits per heavy atom. The molecule has 0 radical (unpaired) electrons. The smallest absolute Gasteiger partial charge is 0.246 e. The third-order valence-electron chi connectivity index (χ3n) is 5.60. The molecular weight excluding hydrogens is 402 g/mol. The van der Waals surface area contributed by atoms with Crippen LogP contribution < -0.4 is 5.32 Å². The van der Waals surface area contributed by atoms with Gasteiger partial charge in [-0.2, -0.15) is 0 Å². The monoisotopic (exact) mass is 425 g/mol. The number of halogens is 1. The van der Waals surface area contributed by atoms with Gasteiger partial charge in [-0.15, -0.1) is 11.3 Å². The number of thiophene rings is 1. The molecule has 1 aromatic heterocycles. The van der Waals surface area contributed by atoms with Gasteiger partial charge in [0.15, 0.2) is 0 Å². The van der Waals surface area contributed by atoms with E-state index in [-0.39, 0.29) is 11.8 Å². The van der Waals surface area contributed by atoms with E-state index in [0.717, 1.165) is 38.8 Å². The molecule has 1 aromatic carbocycles. The topological polar surface area (TPSA) is 56.2 Å². The number of allylic oxidation sites excluding steroid dienone is 1. The lowest BCUT2D eigenvalue weighted by Gasteiger charge is -2.33. The number of hydrogen-bond acceptors (Lipinski definition) is 4. The van der Waals surface area contributed by atoms with Gasteiger partial charge < -0.3 is 15.6 Å². The van der Waals surface area contributed by atoms with E-state index in [1.807, 2.05) is 36.3 Å². The number of fused-ring (bicyclic) bond motifs is 1. The highest BCUT2D eigenvalue weighted by Gasteiger charge is 2.34. The molecule has 1 aliphatic heterocycles. The van der Waals surface area contributed by atoms with Crippen LogP contribution in [0.3, 0.4) is 0 Å². The summed E-state index contributed by atoms with van der Waals surface area (Å²) in [5.41, 5.74) is 4.97. The molecule has 150 valence electrons. The molecule has 2 heterocycles. The summed E-state index contributed by atoms with van der Waals surface area (Å²) in [6.07, 6.45) is 5.46. The van der Waals surface area contributed by atoms with Crippen molar-refractivity contribution in [3.8, 4) is 0 Å². The standard InChI is InChI=1S/C23H24ClN3OS/c1-3-22(28)27-12-19(17-10-21(24)29-20(17)13-27)16-7-5-4-6-15(16)18(11-26-2)23(25)14-8-9-14/h3-7,10-11,14,19,25-26H,1,8-9,12-13H2,2H3/b18-11-,25-23?/t19-/m0/s1. The summed E-state index contributed by atoms with van der Waals surface area (Å²) in [6.45, 7) is 4.79. The van der Waals surface area contributed by atoms with E-state index in [0.29, 0.717) is 24.7 Å². The summed E-state index contributed by atoms with van der Waals surface area (Å²) in [6, 6.07) is 10.3. The molecule has 2 aromatic rings. The van der Waals surface area contributed by atoms with Crippen LogP contribution in [0.15, 0.2) is 49.2 Å². The molecule has 1 aliphatic carbocycles. The minimum Gasteiger partial charge on any atom is -0.393 e. The van der Waals surface area contributed by atoms with Crippen molar-refractivity contribution in [2.24, 2.45) is 5.92 Å². The molecule has 1 fully saturated rings. The summed E-state index contributed by atoms with van der Waals surface area (Å²) in [7, 11) is 1.87. The Kier molecular flexibility index (Phi) is 5.61. The van der Waals surface area contributed by atoms with E-state index in [4.69, 9.17) is 17.0 Å². The zero-order valence-electron chi connectivity index (χ0n) is 16.4. The number of rotatable bonds is 6. The number of carbonyl (C=O) groups excluding carboxylic acids is 1. The molecule has 1 saturated carbocycles. The molecule has 0 spiro atoms. The molecule has 0 unspecified atom stereocenters. The average Bonchev–Trinajstić information content (AvgIpc) is 3.51. The van der Waals surface area contributed by atoms with Crippen molar-refractivity contribution in [3.63, 3.8) is 0 Å². The Labute approximate surface area is 180 Å². The predicted molar refractivity (Wildman–Crippen MR) is 121 cm³/mol. The molecule has 0 saturated heterocycles. The number of amides is 1. The first-order chi connectivity index (χ1) is 14.0. The molecule has 2 aliphatic rings. The maximum absolute atomic E-state index is 12.4. The highest BCUT2D eigenvalue weighted by Crippen LogP contribution is 2.43. The molecule has 4 nitrogen and oxygen atoms in total. The largest absolute Gasteiger partial charge is 0.393 e. The minimum atomic E-state index is -0.0700. The van der Waals surface area contributed by atoms with Crippen molar-refractivity contribution in [1.82, 2.24) is 10.2 Å². The highest BCUT2D eigenvalue weighted by molar-refractivity contribution is 7.16. The fraction of sp³-hybridized carbons (Fsp3) is 0.304. The van der Waals surface area contributed by atoms with Gasteiger partial charge >= 0.3 is 0 Å². The van der Waals surface area contributed by atoms with Gasteiger partial charge in [0, 0.05) is 47.8 Å². The highest BCUT2D eigenvalue weighted by atomic mass is 35.5. The number of nitrogens with zero attached hydrogens (tertiary/aromatic N) is 1. The van der Waals surface area contributed by atoms with Crippen LogP contribution in [0.1, 0.15) is 40.3 Å². The van der Waals surface area contributed by atoms with Crippen LogP contribution in [0.2, 0.25) is 4.34 Å². The fourth-order valence-corrected chi connectivity index (χ4v) is 5.39. The normalized spacial score (nSPS) is 18.9. The molecule has 4 rings (SSSR count). The van der Waals surface area contributed by atoms with Crippen LogP contribution >= 0.6 is 22.9 Å². The van der Waals surface area contributed by atoms with Gasteiger partial charge in [-0.05, 0) is 41.7 Å². The summed E-state index contributed by atoms with van der Waals surface area (Å²) in [5, 5.41) is 11.8. The van der Waals surface area contributed by atoms with Crippen LogP contribution in [-0.4, -0.2) is 30.1 Å². The van der Waals surface area contributed by atoms with E-state index in [9.17, 15) is 4.79 Å². The van der Waals surface area contributed by atoms with Gasteiger partial charge in [0.1, 0.15) is 0 Å². The van der Waals surface area contributed by atoms with Crippen molar-refractivity contribution < 1.29 is 4.79 Å². The Morgan fingerprint density at radius 1 is 1.34 bits per heavy atom. The zero-order chi connectivity index (χ0) is 20.5. The second-order valence-electron chi connectivity index (χ2n) is 7.53. The first kappa shape index (κ1) is 19.9. The van der Waals surface area contributed by atoms with Crippen LogP contribution in [0, 0.1) is 11.3 Å². The van der Waals surface area contributed by atoms with Crippen LogP contribution in [0.4, 0.5) is 0 Å². The van der Waals surface area contributed by atoms with E-state index in [2.05, 4.69) is 24.0 Å². The van der Waals surface area contributed by atoms with Gasteiger partial charge in [0.2, 0.25) is 5.91 Å². The summed E-state index contributed by atoms with van der Waals surface area (Å²) in [4.78, 5) is 15.4. The Hall–Kier alpha value is -2.37. The Bertz CT molecular complexity index is 1010. The lowest BCUT2D eigenvalue weighted by atomic mass is 9.82. The lowest BCUT2D eigenvalue weighted by Crippen LogP contribution is -2.37. The van der Waals surface area contributed by atoms with E-state index in [1.54, 1.807) is 0 Å². The van der Waals surface area contributed by atoms with Crippen molar-refractivity contribution in [1.29, 1.82) is 5.41 Å². The molecule has 1 amide bonds. The average molecular weight is 426 g/mol. The fourth-order valence-electron chi connectivity index (χ4n) is 4.03. The number of benzene rings is 1. The van der Waals surface area contributed by atoms with Crippen molar-refractivity contribution in [2.75, 3.05) is 13.6 Å². The van der Waals surface area contributed by atoms with Gasteiger partial charge in [-0.25, -0.2) is 0 Å². The van der Waals surface area contributed by atoms with Crippen molar-refractivity contribution in [3.05, 3.63) is 75.1 Å². The Morgan fingerprint density at radius 2 is 2.10 bits per heavy atom. The SMILES string of the molecule is C=CC(=O)N1Cc2sc(Cl)cc2[C@H](c2ccccc2/C(=C/NC)C(=N)C2CC2)C1. The number of hydrogen-bond donors (Lipinski definition) is 2. The first-order valence-electron chi connectivity index (χ1n) is 9.78. The molecule has 29 heavy (non-hydrogen) atoms. The van der Waals surface area contributed by atoms with Crippen molar-refractivity contribution in [2.45, 2.75) is 25.3 Å². The van der Waals surface area contributed by atoms with E-state index < -0.39 is 0 Å². The molecule has 0 bridgehead atoms. The quantitative estimate of drug-likeness (QED) is 0.502. The van der Waals surface area contributed by atoms with Crippen molar-refractivity contribution >= 4 is 40.1 Å². The second kappa shape index (κ2) is 8.17. The lowest BCUT2D eigenvalue weighted by molar-refractivity contribution is -0.127. The van der Waals surface area contributed by atoms with Crippen LogP contribution in [0.25, 0.3) is 5.57 Å². The number of nitrogens with one attached hydrogen (secondary N) is 2. The van der Waals surface area contributed by atoms with Crippen LogP contribution in [-0.2, 0) is 11.3 Å². The predicted octanol–water partition coefficient (Wildman–Crippen LogP) is 5.05. The summed E-state index contributed by atoms with van der Waals surface area (Å²) < 4.78 is 0.738. The third-order valence-corrected chi connectivity index (χ3v) is 6.87. The van der Waals surface area contributed by atoms with Gasteiger partial charge in [-0.1, -0.05) is 42.4 Å². The summed E-state index contributed by atoms with van der Waals surface area (Å²) >= 11 is 7.89. The molecule has 2 N–H and O–H groups in total. The third kappa shape index (κ3) is 3.89. The van der Waals surface area contributed by atoms with Gasteiger partial charge in [0.25, 0.3) is 0 Å². The number of carbonyl (C=O) groups is 1. The van der Waals surface area contributed by atoms with Crippen LogP contribution in [0.5, 0.6) is 0 Å². The molecule has 6 heteroatoms.